The van der Waals surface area contributed by atoms with Gasteiger partial charge in [-0.15, -0.1) is 11.3 Å². The molecule has 1 fully saturated rings. The summed E-state index contributed by atoms with van der Waals surface area (Å²) in [6.07, 6.45) is 1.88. The van der Waals surface area contributed by atoms with Gasteiger partial charge < -0.3 is 15.0 Å². The van der Waals surface area contributed by atoms with Gasteiger partial charge in [0.25, 0.3) is 0 Å². The van der Waals surface area contributed by atoms with Crippen molar-refractivity contribution in [2.45, 2.75) is 39.3 Å². The van der Waals surface area contributed by atoms with Crippen molar-refractivity contribution in [1.82, 2.24) is 15.2 Å². The van der Waals surface area contributed by atoms with Crippen molar-refractivity contribution in [3.05, 3.63) is 45.9 Å². The molecular weight excluding hydrogens is 362 g/mol. The number of likely N-dealkylation sites (tertiary alicyclic amines) is 1. The molecule has 2 aromatic rings. The number of carbonyl (C=O) groups excluding carboxylic acids is 2. The van der Waals surface area contributed by atoms with Gasteiger partial charge >= 0.3 is 0 Å². The number of ether oxygens (including phenoxy) is 1. The van der Waals surface area contributed by atoms with Crippen molar-refractivity contribution >= 4 is 23.2 Å². The number of nitrogens with zero attached hydrogens (tertiary/aromatic N) is 2. The average molecular weight is 388 g/mol. The second-order valence-electron chi connectivity index (χ2n) is 6.63. The van der Waals surface area contributed by atoms with Crippen molar-refractivity contribution in [2.24, 2.45) is 5.92 Å². The zero-order valence-corrected chi connectivity index (χ0v) is 16.6. The van der Waals surface area contributed by atoms with Crippen molar-refractivity contribution < 1.29 is 14.3 Å². The molecule has 2 heterocycles. The number of aromatic nitrogens is 1. The Kier molecular flexibility index (Phi) is 6.45. The summed E-state index contributed by atoms with van der Waals surface area (Å²) in [7, 11) is 1.62. The fourth-order valence-corrected chi connectivity index (χ4v) is 4.04. The molecule has 0 unspecified atom stereocenters. The maximum absolute atomic E-state index is 12.6. The van der Waals surface area contributed by atoms with Crippen molar-refractivity contribution in [2.75, 3.05) is 13.7 Å². The van der Waals surface area contributed by atoms with E-state index in [-0.39, 0.29) is 17.7 Å². The van der Waals surface area contributed by atoms with Crippen molar-refractivity contribution in [3.8, 4) is 5.75 Å². The highest BCUT2D eigenvalue weighted by Gasteiger charge is 2.30. The van der Waals surface area contributed by atoms with E-state index in [1.807, 2.05) is 29.6 Å². The number of hydrogen-bond donors (Lipinski definition) is 1. The average Bonchev–Trinajstić information content (AvgIpc) is 3.16. The van der Waals surface area contributed by atoms with E-state index in [2.05, 4.69) is 17.2 Å². The Morgan fingerprint density at radius 2 is 2.22 bits per heavy atom. The fraction of sp³-hybridized carbons (Fsp3) is 0.450. The highest BCUT2D eigenvalue weighted by molar-refractivity contribution is 7.09. The van der Waals surface area contributed by atoms with E-state index in [0.29, 0.717) is 32.5 Å². The van der Waals surface area contributed by atoms with E-state index in [1.54, 1.807) is 23.3 Å². The summed E-state index contributed by atoms with van der Waals surface area (Å²) in [5.74, 6) is 0.633. The predicted molar refractivity (Wildman–Crippen MR) is 104 cm³/mol. The van der Waals surface area contributed by atoms with Gasteiger partial charge in [-0.1, -0.05) is 25.1 Å². The van der Waals surface area contributed by atoms with Gasteiger partial charge in [0.15, 0.2) is 0 Å². The number of benzene rings is 1. The number of methoxy groups -OCH3 is 1. The van der Waals surface area contributed by atoms with E-state index in [0.717, 1.165) is 28.4 Å². The summed E-state index contributed by atoms with van der Waals surface area (Å²) >= 11 is 1.57. The Morgan fingerprint density at radius 3 is 2.96 bits per heavy atom. The number of thiazole rings is 1. The quantitative estimate of drug-likeness (QED) is 0.793. The van der Waals surface area contributed by atoms with Crippen LogP contribution in [0, 0.1) is 5.92 Å². The normalized spacial score (nSPS) is 17.0. The van der Waals surface area contributed by atoms with Crippen molar-refractivity contribution in [3.63, 3.8) is 0 Å². The molecule has 0 saturated carbocycles. The second kappa shape index (κ2) is 8.99. The molecule has 0 bridgehead atoms. The van der Waals surface area contributed by atoms with Crippen LogP contribution in [0.1, 0.15) is 36.0 Å². The molecule has 0 radical (unpaired) electrons. The number of carbonyl (C=O) groups is 2. The van der Waals surface area contributed by atoms with Gasteiger partial charge in [0.2, 0.25) is 11.8 Å². The van der Waals surface area contributed by atoms with E-state index >= 15 is 0 Å². The minimum atomic E-state index is -0.192. The van der Waals surface area contributed by atoms with Crippen LogP contribution >= 0.6 is 11.3 Å². The first-order valence-corrected chi connectivity index (χ1v) is 10.1. The first-order valence-electron chi connectivity index (χ1n) is 9.21. The highest BCUT2D eigenvalue weighted by atomic mass is 32.1. The first kappa shape index (κ1) is 19.4. The number of rotatable bonds is 7. The lowest BCUT2D eigenvalue weighted by molar-refractivity contribution is -0.139. The predicted octanol–water partition coefficient (Wildman–Crippen LogP) is 2.77. The highest BCUT2D eigenvalue weighted by Crippen LogP contribution is 2.24. The van der Waals surface area contributed by atoms with Crippen LogP contribution in [0.25, 0.3) is 0 Å². The van der Waals surface area contributed by atoms with Gasteiger partial charge in [-0.25, -0.2) is 4.98 Å². The molecule has 1 aromatic carbocycles. The molecule has 0 aliphatic carbocycles. The third-order valence-electron chi connectivity index (χ3n) is 4.80. The van der Waals surface area contributed by atoms with Crippen LogP contribution in [0.5, 0.6) is 5.75 Å². The van der Waals surface area contributed by atoms with E-state index in [1.165, 1.54) is 0 Å². The van der Waals surface area contributed by atoms with Gasteiger partial charge in [0.05, 0.1) is 25.3 Å². The van der Waals surface area contributed by atoms with Crippen LogP contribution in [0.3, 0.4) is 0 Å². The van der Waals surface area contributed by atoms with E-state index in [4.69, 9.17) is 4.74 Å². The number of amides is 2. The Labute approximate surface area is 163 Å². The molecule has 1 N–H and O–H groups in total. The molecule has 1 saturated heterocycles. The Morgan fingerprint density at radius 1 is 1.41 bits per heavy atom. The summed E-state index contributed by atoms with van der Waals surface area (Å²) in [6.45, 7) is 3.40. The molecule has 1 aliphatic heterocycles. The lowest BCUT2D eigenvalue weighted by Gasteiger charge is -2.32. The number of para-hydroxylation sites is 1. The number of nitrogens with one attached hydrogen (secondary N) is 1. The monoisotopic (exact) mass is 387 g/mol. The number of piperidine rings is 1. The smallest absolute Gasteiger partial charge is 0.225 e. The van der Waals surface area contributed by atoms with Crippen LogP contribution < -0.4 is 10.1 Å². The summed E-state index contributed by atoms with van der Waals surface area (Å²) in [5, 5.41) is 5.91. The van der Waals surface area contributed by atoms with Gasteiger partial charge in [-0.05, 0) is 18.9 Å². The van der Waals surface area contributed by atoms with Crippen LogP contribution in [-0.2, 0) is 29.1 Å². The van der Waals surface area contributed by atoms with E-state index < -0.39 is 0 Å². The van der Waals surface area contributed by atoms with Crippen molar-refractivity contribution in [1.29, 1.82) is 0 Å². The van der Waals surface area contributed by atoms with Gasteiger partial charge in [0.1, 0.15) is 10.8 Å². The minimum absolute atomic E-state index is 0.0132. The summed E-state index contributed by atoms with van der Waals surface area (Å²) in [4.78, 5) is 31.1. The summed E-state index contributed by atoms with van der Waals surface area (Å²) < 4.78 is 5.37. The third kappa shape index (κ3) is 4.86. The molecule has 1 aliphatic rings. The Balaban J connectivity index is 1.58. The first-order chi connectivity index (χ1) is 13.1. The lowest BCUT2D eigenvalue weighted by atomic mass is 9.96. The molecule has 1 atom stereocenters. The topological polar surface area (TPSA) is 71.5 Å². The van der Waals surface area contributed by atoms with E-state index in [9.17, 15) is 9.59 Å². The zero-order valence-electron chi connectivity index (χ0n) is 15.7. The molecule has 7 heteroatoms. The summed E-state index contributed by atoms with van der Waals surface area (Å²) in [6, 6.07) is 7.66. The minimum Gasteiger partial charge on any atom is -0.496 e. The number of hydrogen-bond acceptors (Lipinski definition) is 5. The maximum Gasteiger partial charge on any atom is 0.225 e. The second-order valence-corrected chi connectivity index (χ2v) is 7.57. The van der Waals surface area contributed by atoms with Crippen LogP contribution in [0.4, 0.5) is 0 Å². The molecule has 2 amide bonds. The SMILES string of the molecule is CCc1csc(CNC(=O)[C@H]2CCC(=O)N(Cc3ccccc3OC)C2)n1. The zero-order chi connectivity index (χ0) is 19.2. The van der Waals surface area contributed by atoms with Gasteiger partial charge in [-0.3, -0.25) is 9.59 Å². The summed E-state index contributed by atoms with van der Waals surface area (Å²) in [5.41, 5.74) is 2.00. The molecule has 144 valence electrons. The van der Waals surface area contributed by atoms with Crippen LogP contribution in [0.15, 0.2) is 29.6 Å². The fourth-order valence-electron chi connectivity index (χ4n) is 3.22. The molecular formula is C20H25N3O3S. The lowest BCUT2D eigenvalue weighted by Crippen LogP contribution is -2.45. The number of aryl methyl sites for hydroxylation is 1. The van der Waals surface area contributed by atoms with Gasteiger partial charge in [0, 0.05) is 30.5 Å². The molecule has 27 heavy (non-hydrogen) atoms. The Bertz CT molecular complexity index is 805. The Hall–Kier alpha value is -2.41. The maximum atomic E-state index is 12.6. The largest absolute Gasteiger partial charge is 0.496 e. The molecule has 1 aromatic heterocycles. The third-order valence-corrected chi connectivity index (χ3v) is 5.70. The molecule has 0 spiro atoms. The van der Waals surface area contributed by atoms with Gasteiger partial charge in [-0.2, -0.15) is 0 Å². The standard InChI is InChI=1S/C20H25N3O3S/c1-3-16-13-27-18(22-16)10-21-20(25)15-8-9-19(24)23(12-15)11-14-6-4-5-7-17(14)26-2/h4-7,13,15H,3,8-12H2,1-2H3,(H,21,25)/t15-/m0/s1. The molecule has 6 nitrogen and oxygen atoms in total. The van der Waals surface area contributed by atoms with Crippen LogP contribution in [-0.4, -0.2) is 35.4 Å². The molecule has 3 rings (SSSR count). The van der Waals surface area contributed by atoms with Crippen LogP contribution in [0.2, 0.25) is 0 Å².